The Bertz CT molecular complexity index is 543. The molecule has 0 unspecified atom stereocenters. The first-order valence-electron chi connectivity index (χ1n) is 5.74. The smallest absolute Gasteiger partial charge is 0.167 e. The second-order valence-corrected chi connectivity index (χ2v) is 3.79. The van der Waals surface area contributed by atoms with Gasteiger partial charge in [-0.1, -0.05) is 12.1 Å². The van der Waals surface area contributed by atoms with E-state index in [1.807, 2.05) is 25.1 Å². The molecule has 0 spiro atoms. The van der Waals surface area contributed by atoms with Crippen molar-refractivity contribution in [2.45, 2.75) is 6.92 Å². The monoisotopic (exact) mass is 246 g/mol. The molecule has 4 heteroatoms. The van der Waals surface area contributed by atoms with Crippen LogP contribution in [0.1, 0.15) is 6.92 Å². The quantitative estimate of drug-likeness (QED) is 0.811. The zero-order chi connectivity index (χ0) is 13.0. The number of hydrogen-bond donors (Lipinski definition) is 2. The van der Waals surface area contributed by atoms with Crippen LogP contribution < -0.4 is 15.8 Å². The average molecular weight is 246 g/mol. The topological polar surface area (TPSA) is 47.3 Å². The molecule has 2 rings (SSSR count). The number of rotatable bonds is 4. The molecule has 0 radical (unpaired) electrons. The molecule has 0 aromatic heterocycles. The lowest BCUT2D eigenvalue weighted by Crippen LogP contribution is -1.98. The van der Waals surface area contributed by atoms with Crippen LogP contribution in [0.25, 0.3) is 0 Å². The zero-order valence-electron chi connectivity index (χ0n) is 10.1. The highest BCUT2D eigenvalue weighted by atomic mass is 19.1. The number of para-hydroxylation sites is 2. The fraction of sp³-hybridized carbons (Fsp3) is 0.143. The van der Waals surface area contributed by atoms with Crippen molar-refractivity contribution < 1.29 is 9.13 Å². The highest BCUT2D eigenvalue weighted by molar-refractivity contribution is 5.72. The van der Waals surface area contributed by atoms with Gasteiger partial charge in [0.15, 0.2) is 11.6 Å². The maximum absolute atomic E-state index is 13.6. The van der Waals surface area contributed by atoms with Crippen LogP contribution >= 0.6 is 0 Å². The van der Waals surface area contributed by atoms with Crippen LogP contribution in [0, 0.1) is 5.82 Å². The van der Waals surface area contributed by atoms with Gasteiger partial charge >= 0.3 is 0 Å². The molecule has 0 amide bonds. The SMILES string of the molecule is CCOc1ccc(Nc2ccccc2N)cc1F. The predicted molar refractivity (Wildman–Crippen MR) is 71.7 cm³/mol. The molecule has 2 aromatic carbocycles. The van der Waals surface area contributed by atoms with Gasteiger partial charge in [-0.15, -0.1) is 0 Å². The highest BCUT2D eigenvalue weighted by Crippen LogP contribution is 2.26. The summed E-state index contributed by atoms with van der Waals surface area (Å²) in [6.45, 7) is 2.26. The molecule has 0 bridgehead atoms. The number of halogens is 1. The van der Waals surface area contributed by atoms with Gasteiger partial charge in [0, 0.05) is 11.8 Å². The summed E-state index contributed by atoms with van der Waals surface area (Å²) in [5, 5.41) is 3.06. The molecule has 94 valence electrons. The zero-order valence-corrected chi connectivity index (χ0v) is 10.1. The third-order valence-corrected chi connectivity index (χ3v) is 2.47. The van der Waals surface area contributed by atoms with Crippen LogP contribution in [0.3, 0.4) is 0 Å². The van der Waals surface area contributed by atoms with Crippen LogP contribution in [0.2, 0.25) is 0 Å². The lowest BCUT2D eigenvalue weighted by atomic mass is 10.2. The van der Waals surface area contributed by atoms with Crippen molar-refractivity contribution in [2.24, 2.45) is 0 Å². The summed E-state index contributed by atoms with van der Waals surface area (Å²) in [4.78, 5) is 0. The molecular formula is C14H15FN2O. The molecule has 0 aliphatic heterocycles. The minimum Gasteiger partial charge on any atom is -0.491 e. The first-order valence-corrected chi connectivity index (χ1v) is 5.74. The number of hydrogen-bond acceptors (Lipinski definition) is 3. The van der Waals surface area contributed by atoms with Crippen LogP contribution in [0.4, 0.5) is 21.5 Å². The Morgan fingerprint density at radius 2 is 2.00 bits per heavy atom. The Morgan fingerprint density at radius 1 is 1.22 bits per heavy atom. The van der Waals surface area contributed by atoms with Crippen LogP contribution in [-0.4, -0.2) is 6.61 Å². The third kappa shape index (κ3) is 2.71. The van der Waals surface area contributed by atoms with E-state index in [1.165, 1.54) is 6.07 Å². The summed E-state index contributed by atoms with van der Waals surface area (Å²) in [6.07, 6.45) is 0. The van der Waals surface area contributed by atoms with E-state index in [-0.39, 0.29) is 5.75 Å². The molecule has 0 aliphatic carbocycles. The largest absolute Gasteiger partial charge is 0.491 e. The lowest BCUT2D eigenvalue weighted by Gasteiger charge is -2.10. The van der Waals surface area contributed by atoms with E-state index >= 15 is 0 Å². The Labute approximate surface area is 105 Å². The number of nitrogen functional groups attached to an aromatic ring is 1. The second kappa shape index (κ2) is 5.40. The Hall–Kier alpha value is -2.23. The van der Waals surface area contributed by atoms with Gasteiger partial charge in [0.1, 0.15) is 0 Å². The summed E-state index contributed by atoms with van der Waals surface area (Å²) in [5.41, 5.74) is 7.80. The molecule has 0 aliphatic rings. The second-order valence-electron chi connectivity index (χ2n) is 3.79. The summed E-state index contributed by atoms with van der Waals surface area (Å²) < 4.78 is 18.8. The molecule has 0 heterocycles. The normalized spacial score (nSPS) is 10.1. The van der Waals surface area contributed by atoms with Crippen molar-refractivity contribution in [3.63, 3.8) is 0 Å². The van der Waals surface area contributed by atoms with Gasteiger partial charge in [-0.05, 0) is 31.2 Å². The van der Waals surface area contributed by atoms with E-state index in [2.05, 4.69) is 5.32 Å². The molecule has 0 saturated heterocycles. The van der Waals surface area contributed by atoms with E-state index in [0.717, 1.165) is 5.69 Å². The summed E-state index contributed by atoms with van der Waals surface area (Å²) in [7, 11) is 0. The van der Waals surface area contributed by atoms with Crippen LogP contribution in [0.5, 0.6) is 5.75 Å². The molecule has 2 aromatic rings. The van der Waals surface area contributed by atoms with Crippen LogP contribution in [-0.2, 0) is 0 Å². The van der Waals surface area contributed by atoms with Crippen molar-refractivity contribution in [1.82, 2.24) is 0 Å². The molecule has 3 N–H and O–H groups in total. The van der Waals surface area contributed by atoms with Crippen molar-refractivity contribution in [3.8, 4) is 5.75 Å². The van der Waals surface area contributed by atoms with Gasteiger partial charge in [-0.3, -0.25) is 0 Å². The van der Waals surface area contributed by atoms with E-state index in [1.54, 1.807) is 18.2 Å². The number of benzene rings is 2. The van der Waals surface area contributed by atoms with Crippen molar-refractivity contribution in [3.05, 3.63) is 48.3 Å². The summed E-state index contributed by atoms with van der Waals surface area (Å²) in [6, 6.07) is 12.1. The van der Waals surface area contributed by atoms with Gasteiger partial charge in [0.05, 0.1) is 18.0 Å². The van der Waals surface area contributed by atoms with Gasteiger partial charge in [0.25, 0.3) is 0 Å². The lowest BCUT2D eigenvalue weighted by molar-refractivity contribution is 0.321. The number of anilines is 3. The summed E-state index contributed by atoms with van der Waals surface area (Å²) >= 11 is 0. The number of nitrogens with two attached hydrogens (primary N) is 1. The van der Waals surface area contributed by atoms with Gasteiger partial charge < -0.3 is 15.8 Å². The number of nitrogens with one attached hydrogen (secondary N) is 1. The molecule has 3 nitrogen and oxygen atoms in total. The van der Waals surface area contributed by atoms with E-state index in [0.29, 0.717) is 18.0 Å². The fourth-order valence-electron chi connectivity index (χ4n) is 1.62. The fourth-order valence-corrected chi connectivity index (χ4v) is 1.62. The minimum atomic E-state index is -0.392. The highest BCUT2D eigenvalue weighted by Gasteiger charge is 2.05. The van der Waals surface area contributed by atoms with Gasteiger partial charge in [0.2, 0.25) is 0 Å². The van der Waals surface area contributed by atoms with Crippen LogP contribution in [0.15, 0.2) is 42.5 Å². The maximum Gasteiger partial charge on any atom is 0.167 e. The van der Waals surface area contributed by atoms with E-state index < -0.39 is 5.82 Å². The first-order chi connectivity index (χ1) is 8.70. The Morgan fingerprint density at radius 3 is 2.67 bits per heavy atom. The van der Waals surface area contributed by atoms with E-state index in [9.17, 15) is 4.39 Å². The molecule has 0 fully saturated rings. The Balaban J connectivity index is 2.20. The standard InChI is InChI=1S/C14H15FN2O/c1-2-18-14-8-7-10(9-11(14)15)17-13-6-4-3-5-12(13)16/h3-9,17H,2,16H2,1H3. The Kier molecular flexibility index (Phi) is 3.67. The molecular weight excluding hydrogens is 231 g/mol. The molecule has 0 atom stereocenters. The van der Waals surface area contributed by atoms with Crippen molar-refractivity contribution in [1.29, 1.82) is 0 Å². The molecule has 18 heavy (non-hydrogen) atoms. The van der Waals surface area contributed by atoms with Gasteiger partial charge in [-0.2, -0.15) is 0 Å². The average Bonchev–Trinajstić information content (AvgIpc) is 2.36. The summed E-state index contributed by atoms with van der Waals surface area (Å²) in [5.74, 6) is -0.138. The van der Waals surface area contributed by atoms with Gasteiger partial charge in [-0.25, -0.2) is 4.39 Å². The van der Waals surface area contributed by atoms with E-state index in [4.69, 9.17) is 10.5 Å². The van der Waals surface area contributed by atoms with Crippen molar-refractivity contribution >= 4 is 17.1 Å². The van der Waals surface area contributed by atoms with Crippen molar-refractivity contribution in [2.75, 3.05) is 17.7 Å². The maximum atomic E-state index is 13.6. The molecule has 0 saturated carbocycles. The number of ether oxygens (including phenoxy) is 1. The minimum absolute atomic E-state index is 0.254. The third-order valence-electron chi connectivity index (χ3n) is 2.47. The predicted octanol–water partition coefficient (Wildman–Crippen LogP) is 3.55. The first kappa shape index (κ1) is 12.2.